The largest absolute Gasteiger partial charge is 0.481 e. The minimum absolute atomic E-state index is 0.0953. The monoisotopic (exact) mass is 205 g/mol. The van der Waals surface area contributed by atoms with E-state index in [0.717, 1.165) is 0 Å². The minimum Gasteiger partial charge on any atom is -0.481 e. The van der Waals surface area contributed by atoms with Crippen LogP contribution in [-0.4, -0.2) is 16.1 Å². The van der Waals surface area contributed by atoms with Gasteiger partial charge in [-0.15, -0.1) is 0 Å². The Labute approximate surface area is 78.9 Å². The van der Waals surface area contributed by atoms with Gasteiger partial charge in [-0.25, -0.2) is 4.98 Å². The van der Waals surface area contributed by atoms with Crippen molar-refractivity contribution in [2.45, 2.75) is 6.42 Å². The van der Waals surface area contributed by atoms with Crippen molar-refractivity contribution in [3.63, 3.8) is 0 Å². The predicted molar refractivity (Wildman–Crippen MR) is 45.6 cm³/mol. The van der Waals surface area contributed by atoms with Crippen molar-refractivity contribution in [2.75, 3.05) is 0 Å². The maximum absolute atomic E-state index is 10.3. The summed E-state index contributed by atoms with van der Waals surface area (Å²) in [6.07, 6.45) is -0.0953. The summed E-state index contributed by atoms with van der Waals surface area (Å²) in [6, 6.07) is 2.95. The normalized spacial score (nSPS) is 9.83. The molecule has 0 aliphatic carbocycles. The maximum Gasteiger partial charge on any atom is 0.307 e. The van der Waals surface area contributed by atoms with Crippen LogP contribution in [0.3, 0.4) is 0 Å². The highest BCUT2D eigenvalue weighted by Crippen LogP contribution is 2.14. The first-order valence-electron chi connectivity index (χ1n) is 3.11. The van der Waals surface area contributed by atoms with E-state index in [0.29, 0.717) is 5.56 Å². The van der Waals surface area contributed by atoms with Gasteiger partial charge in [0.05, 0.1) is 6.42 Å². The lowest BCUT2D eigenvalue weighted by Gasteiger charge is -1.97. The molecule has 5 heteroatoms. The van der Waals surface area contributed by atoms with E-state index >= 15 is 0 Å². The van der Waals surface area contributed by atoms with Crippen LogP contribution in [0.25, 0.3) is 0 Å². The van der Waals surface area contributed by atoms with Gasteiger partial charge in [0.1, 0.15) is 10.3 Å². The number of hydrogen-bond acceptors (Lipinski definition) is 2. The second-order valence-corrected chi connectivity index (χ2v) is 2.97. The molecule has 0 fully saturated rings. The van der Waals surface area contributed by atoms with E-state index < -0.39 is 5.97 Å². The summed E-state index contributed by atoms with van der Waals surface area (Å²) in [4.78, 5) is 14.0. The summed E-state index contributed by atoms with van der Waals surface area (Å²) in [5.41, 5.74) is 0.549. The zero-order chi connectivity index (χ0) is 9.14. The van der Waals surface area contributed by atoms with Crippen LogP contribution in [0, 0.1) is 0 Å². The molecule has 0 bridgehead atoms. The fourth-order valence-electron chi connectivity index (χ4n) is 0.791. The summed E-state index contributed by atoms with van der Waals surface area (Å²) < 4.78 is 0. The van der Waals surface area contributed by atoms with Crippen LogP contribution in [0.5, 0.6) is 0 Å². The molecule has 0 amide bonds. The molecule has 3 nitrogen and oxygen atoms in total. The highest BCUT2D eigenvalue weighted by molar-refractivity contribution is 6.32. The number of hydrogen-bond donors (Lipinski definition) is 1. The van der Waals surface area contributed by atoms with E-state index in [1.807, 2.05) is 0 Å². The second kappa shape index (κ2) is 3.74. The third-order valence-electron chi connectivity index (χ3n) is 1.18. The average Bonchev–Trinajstić information content (AvgIpc) is 1.81. The first kappa shape index (κ1) is 9.29. The molecular weight excluding hydrogens is 201 g/mol. The van der Waals surface area contributed by atoms with Gasteiger partial charge in [0.15, 0.2) is 0 Å². The van der Waals surface area contributed by atoms with Gasteiger partial charge in [0, 0.05) is 0 Å². The Kier molecular flexibility index (Phi) is 2.89. The number of halogens is 2. The van der Waals surface area contributed by atoms with E-state index in [4.69, 9.17) is 28.3 Å². The average molecular weight is 206 g/mol. The van der Waals surface area contributed by atoms with E-state index in [1.54, 1.807) is 0 Å². The quantitative estimate of drug-likeness (QED) is 0.753. The first-order chi connectivity index (χ1) is 5.58. The van der Waals surface area contributed by atoms with E-state index in [-0.39, 0.29) is 16.7 Å². The zero-order valence-corrected chi connectivity index (χ0v) is 7.43. The van der Waals surface area contributed by atoms with Crippen molar-refractivity contribution >= 4 is 29.2 Å². The summed E-state index contributed by atoms with van der Waals surface area (Å²) in [7, 11) is 0. The SMILES string of the molecule is O=C(O)Cc1cc(Cl)nc(Cl)c1. The van der Waals surface area contributed by atoms with E-state index in [2.05, 4.69) is 4.98 Å². The van der Waals surface area contributed by atoms with Gasteiger partial charge in [0.2, 0.25) is 0 Å². The molecule has 0 atom stereocenters. The van der Waals surface area contributed by atoms with Crippen molar-refractivity contribution in [2.24, 2.45) is 0 Å². The molecule has 0 unspecified atom stereocenters. The molecule has 12 heavy (non-hydrogen) atoms. The molecule has 1 aromatic rings. The molecule has 0 radical (unpaired) electrons. The Bertz CT molecular complexity index is 294. The third-order valence-corrected chi connectivity index (χ3v) is 1.57. The van der Waals surface area contributed by atoms with Gasteiger partial charge < -0.3 is 5.11 Å². The lowest BCUT2D eigenvalue weighted by molar-refractivity contribution is -0.136. The standard InChI is InChI=1S/C7H5Cl2NO2/c8-5-1-4(3-7(11)12)2-6(9)10-5/h1-2H,3H2,(H,11,12). The van der Waals surface area contributed by atoms with Crippen LogP contribution in [0.1, 0.15) is 5.56 Å². The Morgan fingerprint density at radius 2 is 1.92 bits per heavy atom. The summed E-state index contributed by atoms with van der Waals surface area (Å²) in [6.45, 7) is 0. The molecular formula is C7H5Cl2NO2. The molecule has 0 aliphatic heterocycles. The summed E-state index contributed by atoms with van der Waals surface area (Å²) in [5.74, 6) is -0.923. The molecule has 0 saturated heterocycles. The highest BCUT2D eigenvalue weighted by atomic mass is 35.5. The molecule has 0 saturated carbocycles. The number of rotatable bonds is 2. The van der Waals surface area contributed by atoms with Gasteiger partial charge in [-0.3, -0.25) is 4.79 Å². The smallest absolute Gasteiger partial charge is 0.307 e. The third kappa shape index (κ3) is 2.68. The van der Waals surface area contributed by atoms with Gasteiger partial charge in [-0.2, -0.15) is 0 Å². The summed E-state index contributed by atoms with van der Waals surface area (Å²) >= 11 is 11.1. The molecule has 0 aromatic carbocycles. The van der Waals surface area contributed by atoms with Crippen LogP contribution in [0.2, 0.25) is 10.3 Å². The van der Waals surface area contributed by atoms with Crippen LogP contribution in [-0.2, 0) is 11.2 Å². The molecule has 1 N–H and O–H groups in total. The van der Waals surface area contributed by atoms with Gasteiger partial charge in [-0.1, -0.05) is 23.2 Å². The van der Waals surface area contributed by atoms with Gasteiger partial charge in [-0.05, 0) is 17.7 Å². The predicted octanol–water partition coefficient (Wildman–Crippen LogP) is 2.02. The number of carboxylic acid groups (broad SMARTS) is 1. The molecule has 1 heterocycles. The van der Waals surface area contributed by atoms with Crippen molar-refractivity contribution < 1.29 is 9.90 Å². The summed E-state index contributed by atoms with van der Waals surface area (Å²) in [5, 5.41) is 8.86. The van der Waals surface area contributed by atoms with Gasteiger partial charge in [0.25, 0.3) is 0 Å². The second-order valence-electron chi connectivity index (χ2n) is 2.19. The number of pyridine rings is 1. The Morgan fingerprint density at radius 3 is 2.33 bits per heavy atom. The number of carbonyl (C=O) groups is 1. The first-order valence-corrected chi connectivity index (χ1v) is 3.87. The van der Waals surface area contributed by atoms with Crippen molar-refractivity contribution in [3.05, 3.63) is 28.0 Å². The van der Waals surface area contributed by atoms with Crippen molar-refractivity contribution in [3.8, 4) is 0 Å². The van der Waals surface area contributed by atoms with Crippen LogP contribution >= 0.6 is 23.2 Å². The van der Waals surface area contributed by atoms with Crippen LogP contribution in [0.4, 0.5) is 0 Å². The Hall–Kier alpha value is -0.800. The highest BCUT2D eigenvalue weighted by Gasteiger charge is 2.03. The molecule has 1 aromatic heterocycles. The fraction of sp³-hybridized carbons (Fsp3) is 0.143. The lowest BCUT2D eigenvalue weighted by Crippen LogP contribution is -2.00. The topological polar surface area (TPSA) is 50.2 Å². The number of aliphatic carboxylic acids is 1. The molecule has 0 spiro atoms. The number of nitrogens with zero attached hydrogens (tertiary/aromatic N) is 1. The van der Waals surface area contributed by atoms with E-state index in [9.17, 15) is 4.79 Å². The molecule has 1 rings (SSSR count). The van der Waals surface area contributed by atoms with Crippen LogP contribution in [0.15, 0.2) is 12.1 Å². The molecule has 64 valence electrons. The van der Waals surface area contributed by atoms with Crippen molar-refractivity contribution in [1.82, 2.24) is 4.98 Å². The zero-order valence-electron chi connectivity index (χ0n) is 5.92. The van der Waals surface area contributed by atoms with Crippen molar-refractivity contribution in [1.29, 1.82) is 0 Å². The molecule has 0 aliphatic rings. The minimum atomic E-state index is -0.923. The maximum atomic E-state index is 10.3. The fourth-order valence-corrected chi connectivity index (χ4v) is 1.30. The Balaban J connectivity index is 2.93. The Morgan fingerprint density at radius 1 is 1.42 bits per heavy atom. The van der Waals surface area contributed by atoms with Crippen LogP contribution < -0.4 is 0 Å². The number of carboxylic acids is 1. The number of aromatic nitrogens is 1. The lowest BCUT2D eigenvalue weighted by atomic mass is 10.2. The van der Waals surface area contributed by atoms with E-state index in [1.165, 1.54) is 12.1 Å². The van der Waals surface area contributed by atoms with Gasteiger partial charge >= 0.3 is 5.97 Å².